The fraction of sp³-hybridized carbons (Fsp3) is 0.308. The van der Waals surface area contributed by atoms with Gasteiger partial charge in [0.15, 0.2) is 0 Å². The number of sulfonamides is 1. The van der Waals surface area contributed by atoms with Gasteiger partial charge in [0.2, 0.25) is 15.2 Å². The Morgan fingerprint density at radius 1 is 1.27 bits per heavy atom. The van der Waals surface area contributed by atoms with Crippen LogP contribution in [0, 0.1) is 0 Å². The van der Waals surface area contributed by atoms with Gasteiger partial charge in [-0.25, -0.2) is 13.1 Å². The molecule has 118 valence electrons. The van der Waals surface area contributed by atoms with Crippen molar-refractivity contribution < 1.29 is 13.2 Å². The molecule has 0 spiro atoms. The van der Waals surface area contributed by atoms with E-state index in [1.54, 1.807) is 0 Å². The Morgan fingerprint density at radius 3 is 2.59 bits per heavy atom. The SMILES string of the molecule is CNS(=O)(=O)c1cccc(C(=O)Nc2nnc(C(C)C)s2)c1. The van der Waals surface area contributed by atoms with E-state index in [0.29, 0.717) is 5.13 Å². The number of carbonyl (C=O) groups is 1. The molecule has 0 bridgehead atoms. The Kier molecular flexibility index (Phi) is 4.89. The molecule has 0 saturated heterocycles. The molecule has 22 heavy (non-hydrogen) atoms. The highest BCUT2D eigenvalue weighted by molar-refractivity contribution is 7.89. The van der Waals surface area contributed by atoms with E-state index >= 15 is 0 Å². The summed E-state index contributed by atoms with van der Waals surface area (Å²) in [5.41, 5.74) is 0.234. The third kappa shape index (κ3) is 3.67. The van der Waals surface area contributed by atoms with E-state index < -0.39 is 15.9 Å². The van der Waals surface area contributed by atoms with Crippen molar-refractivity contribution in [2.75, 3.05) is 12.4 Å². The monoisotopic (exact) mass is 340 g/mol. The van der Waals surface area contributed by atoms with Gasteiger partial charge in [-0.2, -0.15) is 0 Å². The number of hydrogen-bond donors (Lipinski definition) is 2. The predicted molar refractivity (Wildman–Crippen MR) is 84.6 cm³/mol. The Labute approximate surface area is 132 Å². The molecule has 1 heterocycles. The maximum absolute atomic E-state index is 12.2. The van der Waals surface area contributed by atoms with Gasteiger partial charge < -0.3 is 0 Å². The minimum absolute atomic E-state index is 0.0304. The summed E-state index contributed by atoms with van der Waals surface area (Å²) < 4.78 is 25.7. The van der Waals surface area contributed by atoms with Crippen molar-refractivity contribution in [2.45, 2.75) is 24.7 Å². The Morgan fingerprint density at radius 2 is 2.00 bits per heavy atom. The van der Waals surface area contributed by atoms with Gasteiger partial charge in [0, 0.05) is 11.5 Å². The fourth-order valence-corrected chi connectivity index (χ4v) is 3.13. The van der Waals surface area contributed by atoms with Gasteiger partial charge >= 0.3 is 0 Å². The van der Waals surface area contributed by atoms with Crippen molar-refractivity contribution in [3.63, 3.8) is 0 Å². The van der Waals surface area contributed by atoms with Gasteiger partial charge in [0.1, 0.15) is 5.01 Å². The molecule has 0 saturated carbocycles. The lowest BCUT2D eigenvalue weighted by atomic mass is 10.2. The summed E-state index contributed by atoms with van der Waals surface area (Å²) in [6, 6.07) is 5.78. The lowest BCUT2D eigenvalue weighted by molar-refractivity contribution is 0.102. The zero-order valence-electron chi connectivity index (χ0n) is 12.3. The zero-order valence-corrected chi connectivity index (χ0v) is 14.0. The van der Waals surface area contributed by atoms with Crippen LogP contribution in [0.25, 0.3) is 0 Å². The topological polar surface area (TPSA) is 101 Å². The summed E-state index contributed by atoms with van der Waals surface area (Å²) >= 11 is 1.29. The van der Waals surface area contributed by atoms with Gasteiger partial charge in [-0.3, -0.25) is 10.1 Å². The van der Waals surface area contributed by atoms with E-state index in [0.717, 1.165) is 5.01 Å². The number of aromatic nitrogens is 2. The Balaban J connectivity index is 2.21. The molecular weight excluding hydrogens is 324 g/mol. The number of anilines is 1. The van der Waals surface area contributed by atoms with Crippen molar-refractivity contribution in [1.29, 1.82) is 0 Å². The molecule has 7 nitrogen and oxygen atoms in total. The van der Waals surface area contributed by atoms with Crippen LogP contribution in [0.3, 0.4) is 0 Å². The number of carbonyl (C=O) groups excluding carboxylic acids is 1. The molecule has 9 heteroatoms. The van der Waals surface area contributed by atoms with Crippen LogP contribution in [-0.2, 0) is 10.0 Å². The highest BCUT2D eigenvalue weighted by atomic mass is 32.2. The number of benzene rings is 1. The van der Waals surface area contributed by atoms with Gasteiger partial charge in [0.25, 0.3) is 5.91 Å². The molecule has 0 radical (unpaired) electrons. The minimum Gasteiger partial charge on any atom is -0.296 e. The zero-order chi connectivity index (χ0) is 16.3. The first-order chi connectivity index (χ1) is 10.3. The molecule has 2 N–H and O–H groups in total. The first kappa shape index (κ1) is 16.5. The second kappa shape index (κ2) is 6.51. The summed E-state index contributed by atoms with van der Waals surface area (Å²) in [6.45, 7) is 3.97. The predicted octanol–water partition coefficient (Wildman–Crippen LogP) is 1.82. The maximum Gasteiger partial charge on any atom is 0.257 e. The van der Waals surface area contributed by atoms with E-state index in [4.69, 9.17) is 0 Å². The third-order valence-electron chi connectivity index (χ3n) is 2.83. The Hall–Kier alpha value is -1.84. The number of nitrogens with one attached hydrogen (secondary N) is 2. The number of rotatable bonds is 5. The molecule has 0 fully saturated rings. The van der Waals surface area contributed by atoms with Crippen molar-refractivity contribution >= 4 is 32.4 Å². The van der Waals surface area contributed by atoms with Gasteiger partial charge in [-0.05, 0) is 25.2 Å². The van der Waals surface area contributed by atoms with Gasteiger partial charge in [-0.1, -0.05) is 31.3 Å². The average Bonchev–Trinajstić information content (AvgIpc) is 2.96. The molecule has 0 aliphatic heterocycles. The van der Waals surface area contributed by atoms with Crippen LogP contribution in [-0.4, -0.2) is 31.6 Å². The third-order valence-corrected chi connectivity index (χ3v) is 5.38. The number of hydrogen-bond acceptors (Lipinski definition) is 6. The standard InChI is InChI=1S/C13H16N4O3S2/c1-8(2)12-16-17-13(21-12)15-11(18)9-5-4-6-10(7-9)22(19,20)14-3/h4-8,14H,1-3H3,(H,15,17,18). The van der Waals surface area contributed by atoms with Gasteiger partial charge in [-0.15, -0.1) is 10.2 Å². The highest BCUT2D eigenvalue weighted by Gasteiger charge is 2.16. The minimum atomic E-state index is -3.59. The quantitative estimate of drug-likeness (QED) is 0.864. The number of nitrogens with zero attached hydrogens (tertiary/aromatic N) is 2. The van der Waals surface area contributed by atoms with Crippen molar-refractivity contribution in [2.24, 2.45) is 0 Å². The summed E-state index contributed by atoms with van der Waals surface area (Å²) in [5, 5.41) is 11.7. The molecular formula is C13H16N4O3S2. The first-order valence-electron chi connectivity index (χ1n) is 6.52. The van der Waals surface area contributed by atoms with Crippen LogP contribution in [0.15, 0.2) is 29.2 Å². The second-order valence-corrected chi connectivity index (χ2v) is 7.69. The van der Waals surface area contributed by atoms with E-state index in [9.17, 15) is 13.2 Å². The molecule has 0 atom stereocenters. The largest absolute Gasteiger partial charge is 0.296 e. The van der Waals surface area contributed by atoms with Crippen LogP contribution in [0.2, 0.25) is 0 Å². The smallest absolute Gasteiger partial charge is 0.257 e. The normalized spacial score (nSPS) is 11.6. The second-order valence-electron chi connectivity index (χ2n) is 4.79. The summed E-state index contributed by atoms with van der Waals surface area (Å²) in [5.74, 6) is -0.202. The van der Waals surface area contributed by atoms with Crippen molar-refractivity contribution in [1.82, 2.24) is 14.9 Å². The molecule has 2 rings (SSSR count). The molecule has 0 aliphatic rings. The van der Waals surface area contributed by atoms with Crippen LogP contribution < -0.4 is 10.0 Å². The van der Waals surface area contributed by atoms with Crippen LogP contribution >= 0.6 is 11.3 Å². The Bertz CT molecular complexity index is 784. The average molecular weight is 340 g/mol. The van der Waals surface area contributed by atoms with Crippen molar-refractivity contribution in [3.8, 4) is 0 Å². The lowest BCUT2D eigenvalue weighted by Gasteiger charge is -2.05. The summed E-state index contributed by atoms with van der Waals surface area (Å²) in [4.78, 5) is 12.2. The fourth-order valence-electron chi connectivity index (χ4n) is 1.61. The maximum atomic E-state index is 12.2. The van der Waals surface area contributed by atoms with E-state index in [1.807, 2.05) is 13.8 Å². The highest BCUT2D eigenvalue weighted by Crippen LogP contribution is 2.23. The molecule has 1 aromatic heterocycles. The molecule has 1 amide bonds. The summed E-state index contributed by atoms with van der Waals surface area (Å²) in [7, 11) is -2.27. The van der Waals surface area contributed by atoms with E-state index in [-0.39, 0.29) is 16.4 Å². The van der Waals surface area contributed by atoms with Crippen molar-refractivity contribution in [3.05, 3.63) is 34.8 Å². The van der Waals surface area contributed by atoms with Gasteiger partial charge in [0.05, 0.1) is 4.90 Å². The van der Waals surface area contributed by atoms with E-state index in [1.165, 1.54) is 42.6 Å². The summed E-state index contributed by atoms with van der Waals surface area (Å²) in [6.07, 6.45) is 0. The number of amides is 1. The van der Waals surface area contributed by atoms with Crippen LogP contribution in [0.4, 0.5) is 5.13 Å². The molecule has 2 aromatic rings. The molecule has 1 aromatic carbocycles. The van der Waals surface area contributed by atoms with E-state index in [2.05, 4.69) is 20.2 Å². The van der Waals surface area contributed by atoms with Crippen LogP contribution in [0.5, 0.6) is 0 Å². The molecule has 0 aliphatic carbocycles. The molecule has 0 unspecified atom stereocenters. The first-order valence-corrected chi connectivity index (χ1v) is 8.82. The lowest BCUT2D eigenvalue weighted by Crippen LogP contribution is -2.19. The van der Waals surface area contributed by atoms with Crippen LogP contribution in [0.1, 0.15) is 35.1 Å².